The minimum absolute atomic E-state index is 0.0262. The number of allylic oxidation sites excluding steroid dienone is 2. The largest absolute Gasteiger partial charge is 0.481 e. The van der Waals surface area contributed by atoms with Crippen molar-refractivity contribution >= 4 is 23.1 Å². The molecule has 0 saturated heterocycles. The van der Waals surface area contributed by atoms with E-state index in [1.807, 2.05) is 24.3 Å². The van der Waals surface area contributed by atoms with E-state index in [0.29, 0.717) is 5.02 Å². The topological polar surface area (TPSA) is 49.7 Å². The minimum Gasteiger partial charge on any atom is -0.481 e. The molecule has 3 rings (SSSR count). The van der Waals surface area contributed by atoms with Crippen LogP contribution in [0.5, 0.6) is 0 Å². The number of carboxylic acids is 1. The maximum Gasteiger partial charge on any atom is 0.307 e. The summed E-state index contributed by atoms with van der Waals surface area (Å²) in [4.78, 5) is 15.1. The highest BCUT2D eigenvalue weighted by molar-refractivity contribution is 6.30. The molecule has 4 heteroatoms. The van der Waals surface area contributed by atoms with E-state index in [4.69, 9.17) is 16.7 Å². The molecule has 0 unspecified atom stereocenters. The highest BCUT2D eigenvalue weighted by atomic mass is 35.5. The van der Waals surface area contributed by atoms with Gasteiger partial charge in [0.25, 0.3) is 0 Å². The average molecular weight is 246 g/mol. The molecular weight excluding hydrogens is 238 g/mol. The van der Waals surface area contributed by atoms with Crippen LogP contribution in [0.4, 0.5) is 0 Å². The van der Waals surface area contributed by atoms with Crippen LogP contribution in [0.1, 0.15) is 6.42 Å². The lowest BCUT2D eigenvalue weighted by atomic mass is 10.1. The van der Waals surface area contributed by atoms with Crippen LogP contribution in [-0.2, 0) is 4.79 Å². The van der Waals surface area contributed by atoms with Crippen LogP contribution >= 0.6 is 11.6 Å². The van der Waals surface area contributed by atoms with Gasteiger partial charge in [-0.3, -0.25) is 4.79 Å². The van der Waals surface area contributed by atoms with E-state index in [0.717, 1.165) is 27.4 Å². The van der Waals surface area contributed by atoms with Gasteiger partial charge in [-0.2, -0.15) is 0 Å². The van der Waals surface area contributed by atoms with Crippen LogP contribution in [0.3, 0.4) is 0 Å². The summed E-state index contributed by atoms with van der Waals surface area (Å²) in [5, 5.41) is 11.3. The Morgan fingerprint density at radius 1 is 1.35 bits per heavy atom. The molecule has 0 atom stereocenters. The van der Waals surface area contributed by atoms with Gasteiger partial charge in [0.2, 0.25) is 0 Å². The molecule has 0 fully saturated rings. The predicted octanol–water partition coefficient (Wildman–Crippen LogP) is 1.42. The van der Waals surface area contributed by atoms with E-state index in [1.165, 1.54) is 0 Å². The van der Waals surface area contributed by atoms with Crippen molar-refractivity contribution in [2.75, 3.05) is 0 Å². The normalized spacial score (nSPS) is 15.9. The highest BCUT2D eigenvalue weighted by Gasteiger charge is 2.18. The number of benzene rings is 1. The van der Waals surface area contributed by atoms with E-state index < -0.39 is 5.97 Å². The first-order valence-electron chi connectivity index (χ1n) is 5.16. The molecular formula is C13H8ClNO2. The van der Waals surface area contributed by atoms with Gasteiger partial charge in [-0.05, 0) is 35.9 Å². The first kappa shape index (κ1) is 10.3. The number of nitrogens with zero attached hydrogens (tertiary/aromatic N) is 1. The number of carboxylic acid groups (broad SMARTS) is 1. The first-order valence-corrected chi connectivity index (χ1v) is 5.54. The Morgan fingerprint density at radius 3 is 2.94 bits per heavy atom. The van der Waals surface area contributed by atoms with Crippen LogP contribution in [0.2, 0.25) is 5.02 Å². The van der Waals surface area contributed by atoms with Crippen LogP contribution in [-0.4, -0.2) is 11.1 Å². The van der Waals surface area contributed by atoms with Crippen LogP contribution in [0.25, 0.3) is 5.57 Å². The van der Waals surface area contributed by atoms with Crippen molar-refractivity contribution in [2.24, 2.45) is 4.99 Å². The number of fused-ring (bicyclic) bond motifs is 2. The summed E-state index contributed by atoms with van der Waals surface area (Å²) in [6, 6.07) is 5.53. The van der Waals surface area contributed by atoms with Crippen molar-refractivity contribution in [3.8, 4) is 0 Å². The summed E-state index contributed by atoms with van der Waals surface area (Å²) in [5.41, 5.74) is 2.58. The second-order valence-electron chi connectivity index (χ2n) is 4.01. The fourth-order valence-electron chi connectivity index (χ4n) is 2.09. The van der Waals surface area contributed by atoms with Gasteiger partial charge in [0, 0.05) is 15.8 Å². The number of halogens is 1. The van der Waals surface area contributed by atoms with E-state index in [9.17, 15) is 4.79 Å². The molecule has 2 aliphatic rings. The second-order valence-corrected chi connectivity index (χ2v) is 4.44. The zero-order valence-corrected chi connectivity index (χ0v) is 9.53. The van der Waals surface area contributed by atoms with Crippen molar-refractivity contribution in [3.05, 3.63) is 57.2 Å². The van der Waals surface area contributed by atoms with Gasteiger partial charge in [0.1, 0.15) is 0 Å². The zero-order valence-electron chi connectivity index (χ0n) is 8.77. The van der Waals surface area contributed by atoms with Crippen molar-refractivity contribution in [2.45, 2.75) is 6.42 Å². The Bertz CT molecular complexity index is 713. The van der Waals surface area contributed by atoms with Crippen molar-refractivity contribution in [3.63, 3.8) is 0 Å². The summed E-state index contributed by atoms with van der Waals surface area (Å²) in [6.45, 7) is 0. The predicted molar refractivity (Wildman–Crippen MR) is 64.1 cm³/mol. The Hall–Kier alpha value is -1.87. The Balaban J connectivity index is 2.17. The maximum atomic E-state index is 10.6. The molecule has 0 spiro atoms. The Labute approximate surface area is 102 Å². The molecule has 0 bridgehead atoms. The molecule has 1 N–H and O–H groups in total. The maximum absolute atomic E-state index is 10.6. The molecule has 3 nitrogen and oxygen atoms in total. The van der Waals surface area contributed by atoms with Gasteiger partial charge in [-0.1, -0.05) is 11.6 Å². The molecule has 1 aliphatic carbocycles. The lowest BCUT2D eigenvalue weighted by molar-refractivity contribution is -0.136. The van der Waals surface area contributed by atoms with Gasteiger partial charge in [0.15, 0.2) is 0 Å². The van der Waals surface area contributed by atoms with Crippen molar-refractivity contribution in [1.82, 2.24) is 0 Å². The van der Waals surface area contributed by atoms with Gasteiger partial charge in [0.05, 0.1) is 17.5 Å². The molecule has 84 valence electrons. The van der Waals surface area contributed by atoms with E-state index in [-0.39, 0.29) is 6.42 Å². The summed E-state index contributed by atoms with van der Waals surface area (Å²) < 4.78 is 0. The fourth-order valence-corrected chi connectivity index (χ4v) is 2.26. The standard InChI is InChI=1S/C13H8ClNO2/c14-8-1-2-11-10(6-8)9-3-7(5-13(16)17)4-12(9)15-11/h1-4,6H,5H2,(H,16,17). The zero-order chi connectivity index (χ0) is 12.0. The third-order valence-corrected chi connectivity index (χ3v) is 3.01. The van der Waals surface area contributed by atoms with E-state index in [1.54, 1.807) is 6.07 Å². The molecule has 1 aromatic carbocycles. The highest BCUT2D eigenvalue weighted by Crippen LogP contribution is 2.27. The number of carbonyl (C=O) groups is 1. The lowest BCUT2D eigenvalue weighted by Gasteiger charge is -1.92. The third kappa shape index (κ3) is 1.68. The number of hydrogen-bond donors (Lipinski definition) is 1. The van der Waals surface area contributed by atoms with Crippen LogP contribution in [0.15, 0.2) is 46.6 Å². The molecule has 0 amide bonds. The van der Waals surface area contributed by atoms with E-state index >= 15 is 0 Å². The molecule has 1 aliphatic heterocycles. The summed E-state index contributed by atoms with van der Waals surface area (Å²) in [5.74, 6) is -0.833. The number of rotatable bonds is 2. The minimum atomic E-state index is -0.833. The quantitative estimate of drug-likeness (QED) is 0.857. The summed E-state index contributed by atoms with van der Waals surface area (Å²) in [6.07, 6.45) is 3.71. The van der Waals surface area contributed by atoms with Crippen molar-refractivity contribution < 1.29 is 9.90 Å². The van der Waals surface area contributed by atoms with Gasteiger partial charge in [-0.25, -0.2) is 4.99 Å². The third-order valence-electron chi connectivity index (χ3n) is 2.77. The van der Waals surface area contributed by atoms with Crippen LogP contribution in [0, 0.1) is 0 Å². The molecule has 17 heavy (non-hydrogen) atoms. The van der Waals surface area contributed by atoms with Gasteiger partial charge in [-0.15, -0.1) is 0 Å². The lowest BCUT2D eigenvalue weighted by Crippen LogP contribution is -2.22. The Morgan fingerprint density at radius 2 is 2.18 bits per heavy atom. The molecule has 1 heterocycles. The summed E-state index contributed by atoms with van der Waals surface area (Å²) in [7, 11) is 0. The average Bonchev–Trinajstić information content (AvgIpc) is 2.74. The molecule has 1 aromatic rings. The van der Waals surface area contributed by atoms with Crippen molar-refractivity contribution in [1.29, 1.82) is 0 Å². The van der Waals surface area contributed by atoms with Gasteiger partial charge >= 0.3 is 5.97 Å². The van der Waals surface area contributed by atoms with Gasteiger partial charge < -0.3 is 5.11 Å². The molecule has 0 saturated carbocycles. The second kappa shape index (κ2) is 3.57. The molecule has 0 radical (unpaired) electrons. The van der Waals surface area contributed by atoms with Crippen LogP contribution < -0.4 is 10.6 Å². The monoisotopic (exact) mass is 245 g/mol. The number of hydrogen-bond acceptors (Lipinski definition) is 2. The van der Waals surface area contributed by atoms with E-state index in [2.05, 4.69) is 4.99 Å². The number of aliphatic carboxylic acids is 1. The SMILES string of the molecule is O=C(O)CC1=CC2=c3cc(Cl)ccc3=NC2=C1. The molecule has 0 aromatic heterocycles. The fraction of sp³-hybridized carbons (Fsp3) is 0.0769. The smallest absolute Gasteiger partial charge is 0.307 e. The first-order chi connectivity index (χ1) is 8.13. The Kier molecular flexibility index (Phi) is 2.16. The summed E-state index contributed by atoms with van der Waals surface area (Å²) >= 11 is 5.95.